The Morgan fingerprint density at radius 2 is 1.74 bits per heavy atom. The molecule has 0 radical (unpaired) electrons. The van der Waals surface area contributed by atoms with E-state index in [1.54, 1.807) is 31.7 Å². The number of likely N-dealkylation sites (tertiary alicyclic amines) is 1. The summed E-state index contributed by atoms with van der Waals surface area (Å²) in [5.41, 5.74) is 6.47. The number of benzene rings is 2. The molecule has 0 spiro atoms. The highest BCUT2D eigenvalue weighted by atomic mass is 16.5. The summed E-state index contributed by atoms with van der Waals surface area (Å²) in [5.74, 6) is 0.433. The van der Waals surface area contributed by atoms with Crippen LogP contribution in [-0.4, -0.2) is 70.6 Å². The van der Waals surface area contributed by atoms with Crippen LogP contribution in [0.1, 0.15) is 50.8 Å². The number of methoxy groups -OCH3 is 1. The average Bonchev–Trinajstić information content (AvgIpc) is 3.45. The van der Waals surface area contributed by atoms with Crippen molar-refractivity contribution < 1.29 is 23.9 Å². The summed E-state index contributed by atoms with van der Waals surface area (Å²) in [7, 11) is 1.59. The highest BCUT2D eigenvalue weighted by Crippen LogP contribution is 2.27. The molecular formula is C32H42N6O5. The number of carbonyl (C=O) groups excluding carboxylic acids is 3. The lowest BCUT2D eigenvalue weighted by molar-refractivity contribution is -0.135. The summed E-state index contributed by atoms with van der Waals surface area (Å²) >= 11 is 0. The van der Waals surface area contributed by atoms with Crippen LogP contribution in [0.5, 0.6) is 5.75 Å². The standard InChI is InChI=1S/C32H42N6O5/c1-22-14-16-37(17-15-22)30(40)28(24-10-12-25(42-4)13-11-24)38-18-27(34-21-38)36-29(39)26(35-31(41)32(2,3)33)20-43-19-23-8-6-5-7-9-23/h5-13,18,21-22,26,28H,14-17,19-20,33H2,1-4H3,(H,35,41)(H,36,39)/t26-,28-/m1/s1. The molecule has 11 nitrogen and oxygen atoms in total. The molecule has 11 heteroatoms. The molecule has 0 aliphatic carbocycles. The highest BCUT2D eigenvalue weighted by molar-refractivity contribution is 5.98. The van der Waals surface area contributed by atoms with Crippen molar-refractivity contribution in [2.75, 3.05) is 32.1 Å². The second-order valence-electron chi connectivity index (χ2n) is 11.6. The molecule has 0 bridgehead atoms. The Morgan fingerprint density at radius 3 is 2.37 bits per heavy atom. The number of hydrogen-bond donors (Lipinski definition) is 3. The molecule has 2 aromatic carbocycles. The van der Waals surface area contributed by atoms with Crippen LogP contribution in [0.2, 0.25) is 0 Å². The lowest BCUT2D eigenvalue weighted by atomic mass is 9.97. The van der Waals surface area contributed by atoms with E-state index in [0.29, 0.717) is 24.8 Å². The van der Waals surface area contributed by atoms with Crippen molar-refractivity contribution in [3.63, 3.8) is 0 Å². The number of amides is 3. The molecule has 1 aromatic heterocycles. The van der Waals surface area contributed by atoms with Gasteiger partial charge in [-0.15, -0.1) is 0 Å². The Bertz CT molecular complexity index is 1360. The summed E-state index contributed by atoms with van der Waals surface area (Å²) in [6, 6.07) is 15.2. The van der Waals surface area contributed by atoms with Crippen molar-refractivity contribution in [3.8, 4) is 5.75 Å². The quantitative estimate of drug-likeness (QED) is 0.294. The third kappa shape index (κ3) is 8.65. The lowest BCUT2D eigenvalue weighted by Crippen LogP contribution is -2.56. The second-order valence-corrected chi connectivity index (χ2v) is 11.6. The molecule has 0 saturated carbocycles. The first-order chi connectivity index (χ1) is 20.5. The molecule has 43 heavy (non-hydrogen) atoms. The lowest BCUT2D eigenvalue weighted by Gasteiger charge is -2.33. The molecule has 3 amide bonds. The predicted octanol–water partition coefficient (Wildman–Crippen LogP) is 3.12. The fourth-order valence-electron chi connectivity index (χ4n) is 4.78. The fraction of sp³-hybridized carbons (Fsp3) is 0.438. The number of aromatic nitrogens is 2. The Morgan fingerprint density at radius 1 is 1.07 bits per heavy atom. The number of anilines is 1. The van der Waals surface area contributed by atoms with Crippen LogP contribution in [0.25, 0.3) is 0 Å². The van der Waals surface area contributed by atoms with E-state index in [1.165, 1.54) is 6.33 Å². The van der Waals surface area contributed by atoms with Gasteiger partial charge in [0.05, 0.1) is 32.2 Å². The van der Waals surface area contributed by atoms with Gasteiger partial charge in [0.15, 0.2) is 5.82 Å². The van der Waals surface area contributed by atoms with Gasteiger partial charge in [0.1, 0.15) is 17.8 Å². The summed E-state index contributed by atoms with van der Waals surface area (Å²) in [6.07, 6.45) is 5.04. The Kier molecular flexibility index (Phi) is 10.5. The minimum absolute atomic E-state index is 0.0445. The topological polar surface area (TPSA) is 141 Å². The smallest absolute Gasteiger partial charge is 0.250 e. The molecule has 3 aromatic rings. The van der Waals surface area contributed by atoms with E-state index in [-0.39, 0.29) is 24.9 Å². The van der Waals surface area contributed by atoms with Gasteiger partial charge in [0.2, 0.25) is 11.8 Å². The SMILES string of the molecule is COc1ccc([C@H](C(=O)N2CCC(C)CC2)n2cnc(NC(=O)[C@@H](COCc3ccccc3)NC(=O)C(C)(C)N)c2)cc1. The van der Waals surface area contributed by atoms with Crippen LogP contribution in [-0.2, 0) is 25.7 Å². The molecule has 4 rings (SSSR count). The van der Waals surface area contributed by atoms with E-state index >= 15 is 0 Å². The van der Waals surface area contributed by atoms with E-state index in [1.807, 2.05) is 59.5 Å². The molecule has 230 valence electrons. The van der Waals surface area contributed by atoms with E-state index in [9.17, 15) is 14.4 Å². The van der Waals surface area contributed by atoms with Gasteiger partial charge in [-0.1, -0.05) is 49.4 Å². The summed E-state index contributed by atoms with van der Waals surface area (Å²) in [5, 5.41) is 5.45. The van der Waals surface area contributed by atoms with Gasteiger partial charge in [-0.2, -0.15) is 0 Å². The van der Waals surface area contributed by atoms with Gasteiger partial charge in [-0.25, -0.2) is 4.98 Å². The molecule has 1 saturated heterocycles. The predicted molar refractivity (Wildman–Crippen MR) is 163 cm³/mol. The molecule has 2 atom stereocenters. The van der Waals surface area contributed by atoms with Crippen LogP contribution in [0.15, 0.2) is 67.1 Å². The molecule has 1 aliphatic heterocycles. The number of nitrogens with two attached hydrogens (primary N) is 1. The number of hydrogen-bond acceptors (Lipinski definition) is 7. The maximum Gasteiger partial charge on any atom is 0.250 e. The Labute approximate surface area is 252 Å². The monoisotopic (exact) mass is 590 g/mol. The van der Waals surface area contributed by atoms with Gasteiger partial charge >= 0.3 is 0 Å². The van der Waals surface area contributed by atoms with Crippen molar-refractivity contribution in [2.24, 2.45) is 11.7 Å². The number of nitrogens with one attached hydrogen (secondary N) is 2. The Hall–Kier alpha value is -4.22. The van der Waals surface area contributed by atoms with Crippen LogP contribution in [0.3, 0.4) is 0 Å². The second kappa shape index (κ2) is 14.3. The molecule has 1 fully saturated rings. The number of imidazole rings is 1. The first kappa shape index (κ1) is 31.7. The van der Waals surface area contributed by atoms with Crippen LogP contribution >= 0.6 is 0 Å². The summed E-state index contributed by atoms with van der Waals surface area (Å²) in [4.78, 5) is 46.1. The number of nitrogens with zero attached hydrogens (tertiary/aromatic N) is 3. The van der Waals surface area contributed by atoms with Crippen molar-refractivity contribution in [3.05, 3.63) is 78.2 Å². The third-order valence-corrected chi connectivity index (χ3v) is 7.51. The highest BCUT2D eigenvalue weighted by Gasteiger charge is 2.31. The zero-order valence-corrected chi connectivity index (χ0v) is 25.3. The van der Waals surface area contributed by atoms with Crippen LogP contribution < -0.4 is 21.1 Å². The maximum atomic E-state index is 13.8. The van der Waals surface area contributed by atoms with Crippen molar-refractivity contribution in [1.82, 2.24) is 19.8 Å². The minimum atomic E-state index is -1.20. The molecule has 4 N–H and O–H groups in total. The summed E-state index contributed by atoms with van der Waals surface area (Å²) in [6.45, 7) is 6.88. The van der Waals surface area contributed by atoms with Crippen LogP contribution in [0, 0.1) is 5.92 Å². The van der Waals surface area contributed by atoms with Crippen molar-refractivity contribution in [1.29, 1.82) is 0 Å². The normalized spacial score (nSPS) is 15.4. The third-order valence-electron chi connectivity index (χ3n) is 7.51. The van der Waals surface area contributed by atoms with Gasteiger partial charge in [-0.3, -0.25) is 14.4 Å². The van der Waals surface area contributed by atoms with Gasteiger partial charge in [-0.05, 0) is 55.9 Å². The van der Waals surface area contributed by atoms with Gasteiger partial charge in [0.25, 0.3) is 5.91 Å². The van der Waals surface area contributed by atoms with Crippen molar-refractivity contribution >= 4 is 23.5 Å². The van der Waals surface area contributed by atoms with E-state index in [0.717, 1.165) is 24.0 Å². The maximum absolute atomic E-state index is 13.8. The number of piperidine rings is 1. The number of rotatable bonds is 12. The zero-order chi connectivity index (χ0) is 31.0. The van der Waals surface area contributed by atoms with Crippen molar-refractivity contribution in [2.45, 2.75) is 57.8 Å². The average molecular weight is 591 g/mol. The molecular weight excluding hydrogens is 548 g/mol. The summed E-state index contributed by atoms with van der Waals surface area (Å²) < 4.78 is 12.8. The van der Waals surface area contributed by atoms with Gasteiger partial charge in [0, 0.05) is 19.3 Å². The fourth-order valence-corrected chi connectivity index (χ4v) is 4.78. The number of carbonyl (C=O) groups is 3. The first-order valence-electron chi connectivity index (χ1n) is 14.5. The minimum Gasteiger partial charge on any atom is -0.497 e. The van der Waals surface area contributed by atoms with Gasteiger partial charge < -0.3 is 35.3 Å². The van der Waals surface area contributed by atoms with E-state index < -0.39 is 29.4 Å². The Balaban J connectivity index is 1.52. The zero-order valence-electron chi connectivity index (χ0n) is 25.3. The largest absolute Gasteiger partial charge is 0.497 e. The van der Waals surface area contributed by atoms with E-state index in [2.05, 4.69) is 22.5 Å². The number of ether oxygens (including phenoxy) is 2. The van der Waals surface area contributed by atoms with Crippen LogP contribution in [0.4, 0.5) is 5.82 Å². The molecule has 0 unspecified atom stereocenters. The van der Waals surface area contributed by atoms with E-state index in [4.69, 9.17) is 15.2 Å². The molecule has 1 aliphatic rings. The molecule has 2 heterocycles. The first-order valence-corrected chi connectivity index (χ1v) is 14.5.